The fourth-order valence-corrected chi connectivity index (χ4v) is 2.63. The van der Waals surface area contributed by atoms with Crippen molar-refractivity contribution in [1.29, 1.82) is 0 Å². The third-order valence-corrected chi connectivity index (χ3v) is 3.71. The fraction of sp³-hybridized carbons (Fsp3) is 0.273. The van der Waals surface area contributed by atoms with Crippen LogP contribution in [0.5, 0.6) is 0 Å². The second-order valence-electron chi connectivity index (χ2n) is 3.85. The zero-order chi connectivity index (χ0) is 13.3. The zero-order valence-corrected chi connectivity index (χ0v) is 11.5. The molecule has 0 aliphatic heterocycles. The molecule has 0 unspecified atom stereocenters. The van der Waals surface area contributed by atoms with E-state index in [0.29, 0.717) is 12.4 Å². The van der Waals surface area contributed by atoms with Crippen LogP contribution < -0.4 is 0 Å². The number of benzene rings is 1. The Bertz CT molecular complexity index is 662. The maximum Gasteiger partial charge on any atom is 0.296 e. The average molecular weight is 286 g/mol. The van der Waals surface area contributed by atoms with E-state index in [4.69, 9.17) is 10.7 Å². The van der Waals surface area contributed by atoms with Gasteiger partial charge in [0.1, 0.15) is 0 Å². The van der Waals surface area contributed by atoms with Crippen LogP contribution in [0.1, 0.15) is 12.5 Å². The predicted molar refractivity (Wildman–Crippen MR) is 68.9 cm³/mol. The Morgan fingerprint density at radius 2 is 1.83 bits per heavy atom. The summed E-state index contributed by atoms with van der Waals surface area (Å²) in [5.74, 6) is 0.497. The summed E-state index contributed by atoms with van der Waals surface area (Å²) in [4.78, 5) is 0. The van der Waals surface area contributed by atoms with Gasteiger partial charge in [-0.05, 0) is 13.8 Å². The molecule has 0 radical (unpaired) electrons. The van der Waals surface area contributed by atoms with Gasteiger partial charge in [-0.2, -0.15) is 0 Å². The summed E-state index contributed by atoms with van der Waals surface area (Å²) in [7, 11) is 1.44. The minimum Gasteiger partial charge on any atom is -0.297 e. The van der Waals surface area contributed by atoms with Crippen molar-refractivity contribution in [3.05, 3.63) is 29.8 Å². The lowest BCUT2D eigenvalue weighted by molar-refractivity contribution is 0.583. The average Bonchev–Trinajstić information content (AvgIpc) is 2.73. The molecule has 96 valence electrons. The van der Waals surface area contributed by atoms with Crippen LogP contribution in [0.15, 0.2) is 29.4 Å². The Hall–Kier alpha value is -1.40. The zero-order valence-electron chi connectivity index (χ0n) is 9.96. The lowest BCUT2D eigenvalue weighted by Gasteiger charge is -2.05. The molecule has 0 aliphatic rings. The molecule has 0 bridgehead atoms. The number of rotatable bonds is 3. The molecule has 1 heterocycles. The van der Waals surface area contributed by atoms with Gasteiger partial charge in [-0.15, -0.1) is 10.2 Å². The topological polar surface area (TPSA) is 64.8 Å². The van der Waals surface area contributed by atoms with E-state index in [1.807, 2.05) is 38.1 Å². The molecule has 0 atom stereocenters. The third-order valence-electron chi connectivity index (χ3n) is 2.56. The second-order valence-corrected chi connectivity index (χ2v) is 6.31. The first kappa shape index (κ1) is 13.0. The van der Waals surface area contributed by atoms with Gasteiger partial charge in [0.25, 0.3) is 14.2 Å². The molecule has 0 spiro atoms. The highest BCUT2D eigenvalue weighted by Crippen LogP contribution is 2.22. The normalized spacial score (nSPS) is 11.7. The summed E-state index contributed by atoms with van der Waals surface area (Å²) in [5.41, 5.74) is 1.92. The Kier molecular flexibility index (Phi) is 3.41. The van der Waals surface area contributed by atoms with E-state index in [9.17, 15) is 8.42 Å². The van der Waals surface area contributed by atoms with Crippen LogP contribution in [0, 0.1) is 6.92 Å². The predicted octanol–water partition coefficient (Wildman–Crippen LogP) is 2.20. The quantitative estimate of drug-likeness (QED) is 0.811. The first-order valence-corrected chi connectivity index (χ1v) is 7.69. The van der Waals surface area contributed by atoms with Crippen molar-refractivity contribution < 1.29 is 8.42 Å². The highest BCUT2D eigenvalue weighted by Gasteiger charge is 2.22. The van der Waals surface area contributed by atoms with Gasteiger partial charge in [0.05, 0.1) is 0 Å². The molecule has 1 aromatic heterocycles. The first-order chi connectivity index (χ1) is 8.43. The molecule has 2 rings (SSSR count). The Morgan fingerprint density at radius 1 is 1.22 bits per heavy atom. The van der Waals surface area contributed by atoms with Gasteiger partial charge in [-0.25, -0.2) is 8.42 Å². The molecule has 0 amide bonds. The lowest BCUT2D eigenvalue weighted by atomic mass is 10.1. The Morgan fingerprint density at radius 3 is 2.33 bits per heavy atom. The molecule has 0 saturated carbocycles. The fourth-order valence-electron chi connectivity index (χ4n) is 1.67. The Labute approximate surface area is 110 Å². The van der Waals surface area contributed by atoms with Gasteiger partial charge in [0.15, 0.2) is 5.82 Å². The number of aromatic nitrogens is 3. The van der Waals surface area contributed by atoms with Crippen LogP contribution >= 0.6 is 10.7 Å². The molecule has 1 aromatic carbocycles. The van der Waals surface area contributed by atoms with Crippen LogP contribution in [0.25, 0.3) is 11.4 Å². The highest BCUT2D eigenvalue weighted by atomic mass is 35.7. The first-order valence-electron chi connectivity index (χ1n) is 5.38. The number of hydrogen-bond donors (Lipinski definition) is 0. The molecule has 0 N–H and O–H groups in total. The van der Waals surface area contributed by atoms with Gasteiger partial charge in [-0.1, -0.05) is 29.8 Å². The van der Waals surface area contributed by atoms with E-state index < -0.39 is 9.05 Å². The second kappa shape index (κ2) is 4.70. The van der Waals surface area contributed by atoms with E-state index in [1.54, 1.807) is 0 Å². The maximum absolute atomic E-state index is 11.4. The lowest BCUT2D eigenvalue weighted by Crippen LogP contribution is -2.06. The molecule has 0 saturated heterocycles. The summed E-state index contributed by atoms with van der Waals surface area (Å²) < 4.78 is 24.2. The van der Waals surface area contributed by atoms with Crippen LogP contribution in [0.4, 0.5) is 0 Å². The summed E-state index contributed by atoms with van der Waals surface area (Å²) >= 11 is 0. The minimum atomic E-state index is -3.88. The highest BCUT2D eigenvalue weighted by molar-refractivity contribution is 8.13. The van der Waals surface area contributed by atoms with Crippen LogP contribution in [0.2, 0.25) is 0 Å². The van der Waals surface area contributed by atoms with E-state index in [1.165, 1.54) is 4.57 Å². The molecule has 0 fully saturated rings. The van der Waals surface area contributed by atoms with Gasteiger partial charge in [0.2, 0.25) is 0 Å². The van der Waals surface area contributed by atoms with Crippen molar-refractivity contribution in [3.63, 3.8) is 0 Å². The summed E-state index contributed by atoms with van der Waals surface area (Å²) in [6.45, 7) is 4.22. The van der Waals surface area contributed by atoms with Crippen molar-refractivity contribution >= 4 is 19.7 Å². The van der Waals surface area contributed by atoms with Crippen LogP contribution in [-0.2, 0) is 15.6 Å². The van der Waals surface area contributed by atoms with Gasteiger partial charge in [0, 0.05) is 22.8 Å². The largest absolute Gasteiger partial charge is 0.297 e. The molecular formula is C11H12ClN3O2S. The molecular weight excluding hydrogens is 274 g/mol. The van der Waals surface area contributed by atoms with Gasteiger partial charge >= 0.3 is 0 Å². The number of hydrogen-bond acceptors (Lipinski definition) is 4. The van der Waals surface area contributed by atoms with E-state index in [0.717, 1.165) is 11.1 Å². The summed E-state index contributed by atoms with van der Waals surface area (Å²) in [5, 5.41) is 7.33. The van der Waals surface area contributed by atoms with Crippen LogP contribution in [-0.4, -0.2) is 23.2 Å². The SMILES string of the molecule is CCn1c(-c2ccc(C)cc2)nnc1S(=O)(=O)Cl. The number of nitrogens with zero attached hydrogens (tertiary/aromatic N) is 3. The van der Waals surface area contributed by atoms with Crippen molar-refractivity contribution in [2.45, 2.75) is 25.5 Å². The molecule has 2 aromatic rings. The van der Waals surface area contributed by atoms with Crippen molar-refractivity contribution in [3.8, 4) is 11.4 Å². The smallest absolute Gasteiger partial charge is 0.296 e. The van der Waals surface area contributed by atoms with Gasteiger partial charge < -0.3 is 0 Å². The van der Waals surface area contributed by atoms with E-state index in [2.05, 4.69) is 10.2 Å². The standard InChI is InChI=1S/C11H12ClN3O2S/c1-3-15-10(9-6-4-8(2)5-7-9)13-14-11(15)18(12,16)17/h4-7H,3H2,1-2H3. The minimum absolute atomic E-state index is 0.220. The summed E-state index contributed by atoms with van der Waals surface area (Å²) in [6, 6.07) is 7.60. The Balaban J connectivity index is 2.59. The van der Waals surface area contributed by atoms with Crippen molar-refractivity contribution in [1.82, 2.24) is 14.8 Å². The maximum atomic E-state index is 11.4. The summed E-state index contributed by atoms with van der Waals surface area (Å²) in [6.07, 6.45) is 0. The molecule has 7 heteroatoms. The van der Waals surface area contributed by atoms with Gasteiger partial charge in [-0.3, -0.25) is 4.57 Å². The third kappa shape index (κ3) is 2.39. The number of halogens is 1. The monoisotopic (exact) mass is 285 g/mol. The molecule has 5 nitrogen and oxygen atoms in total. The number of aryl methyl sites for hydroxylation is 1. The molecule has 0 aliphatic carbocycles. The van der Waals surface area contributed by atoms with E-state index >= 15 is 0 Å². The van der Waals surface area contributed by atoms with Crippen molar-refractivity contribution in [2.75, 3.05) is 0 Å². The van der Waals surface area contributed by atoms with Crippen LogP contribution in [0.3, 0.4) is 0 Å². The molecule has 18 heavy (non-hydrogen) atoms. The van der Waals surface area contributed by atoms with Crippen molar-refractivity contribution in [2.24, 2.45) is 0 Å². The van der Waals surface area contributed by atoms with E-state index in [-0.39, 0.29) is 5.16 Å².